The van der Waals surface area contributed by atoms with Crippen LogP contribution in [0, 0.1) is 0 Å². The Labute approximate surface area is 126 Å². The monoisotopic (exact) mass is 287 g/mol. The molecule has 0 aromatic heterocycles. The predicted octanol–water partition coefficient (Wildman–Crippen LogP) is 1.60. The van der Waals surface area contributed by atoms with Crippen LogP contribution in [0.5, 0.6) is 0 Å². The summed E-state index contributed by atoms with van der Waals surface area (Å²) in [5.74, 6) is 0.163. The molecule has 1 unspecified atom stereocenters. The van der Waals surface area contributed by atoms with Gasteiger partial charge in [-0.15, -0.1) is 0 Å². The second kappa shape index (κ2) is 5.78. The molecule has 1 saturated carbocycles. The fourth-order valence-electron chi connectivity index (χ4n) is 3.03. The van der Waals surface area contributed by atoms with Crippen LogP contribution in [0.2, 0.25) is 0 Å². The van der Waals surface area contributed by atoms with Gasteiger partial charge in [-0.1, -0.05) is 30.3 Å². The van der Waals surface area contributed by atoms with Crippen molar-refractivity contribution < 1.29 is 4.79 Å². The van der Waals surface area contributed by atoms with Crippen LogP contribution in [0.3, 0.4) is 0 Å². The Morgan fingerprint density at radius 2 is 1.95 bits per heavy atom. The molecule has 1 amide bonds. The van der Waals surface area contributed by atoms with E-state index in [4.69, 9.17) is 5.73 Å². The van der Waals surface area contributed by atoms with Crippen molar-refractivity contribution >= 4 is 5.91 Å². The molecule has 1 saturated heterocycles. The first-order valence-corrected chi connectivity index (χ1v) is 7.95. The summed E-state index contributed by atoms with van der Waals surface area (Å²) in [7, 11) is 0. The summed E-state index contributed by atoms with van der Waals surface area (Å²) in [6.07, 6.45) is 2.73. The van der Waals surface area contributed by atoms with Gasteiger partial charge in [0, 0.05) is 32.2 Å². The maximum absolute atomic E-state index is 12.4. The first-order valence-electron chi connectivity index (χ1n) is 7.95. The van der Waals surface area contributed by atoms with Crippen molar-refractivity contribution in [2.24, 2.45) is 5.73 Å². The minimum absolute atomic E-state index is 0.163. The van der Waals surface area contributed by atoms with Crippen LogP contribution in [0.1, 0.15) is 31.7 Å². The highest BCUT2D eigenvalue weighted by Gasteiger charge is 2.48. The highest BCUT2D eigenvalue weighted by Crippen LogP contribution is 2.34. The standard InChI is InChI=1S/C17H25N3O/c1-14-7-10-19(16(21)17(18)8-9-17)11-12-20(14)13-15-5-3-2-4-6-15/h2-6,14H,7-13,18H2,1H3. The zero-order chi connectivity index (χ0) is 14.9. The fraction of sp³-hybridized carbons (Fsp3) is 0.588. The third kappa shape index (κ3) is 3.27. The summed E-state index contributed by atoms with van der Waals surface area (Å²) < 4.78 is 0. The molecule has 1 aliphatic heterocycles. The number of nitrogens with zero attached hydrogens (tertiary/aromatic N) is 2. The number of carbonyl (C=O) groups excluding carboxylic acids is 1. The van der Waals surface area contributed by atoms with Gasteiger partial charge in [0.1, 0.15) is 0 Å². The summed E-state index contributed by atoms with van der Waals surface area (Å²) in [6.45, 7) is 5.78. The number of amides is 1. The van der Waals surface area contributed by atoms with E-state index in [0.717, 1.165) is 45.4 Å². The highest BCUT2D eigenvalue weighted by molar-refractivity contribution is 5.89. The number of hydrogen-bond donors (Lipinski definition) is 1. The summed E-state index contributed by atoms with van der Waals surface area (Å²) in [6, 6.07) is 11.0. The van der Waals surface area contributed by atoms with Gasteiger partial charge in [0.15, 0.2) is 0 Å². The van der Waals surface area contributed by atoms with E-state index in [2.05, 4.69) is 36.1 Å². The summed E-state index contributed by atoms with van der Waals surface area (Å²) in [5.41, 5.74) is 6.86. The third-order valence-corrected chi connectivity index (χ3v) is 4.83. The Morgan fingerprint density at radius 3 is 2.62 bits per heavy atom. The predicted molar refractivity (Wildman–Crippen MR) is 83.7 cm³/mol. The van der Waals surface area contributed by atoms with Gasteiger partial charge in [-0.2, -0.15) is 0 Å². The molecule has 4 heteroatoms. The second-order valence-corrected chi connectivity index (χ2v) is 6.54. The van der Waals surface area contributed by atoms with Crippen molar-refractivity contribution in [2.75, 3.05) is 19.6 Å². The van der Waals surface area contributed by atoms with E-state index in [0.29, 0.717) is 6.04 Å². The smallest absolute Gasteiger partial charge is 0.242 e. The van der Waals surface area contributed by atoms with Gasteiger partial charge in [0.25, 0.3) is 0 Å². The average Bonchev–Trinajstić information content (AvgIpc) is 3.27. The van der Waals surface area contributed by atoms with Crippen LogP contribution in [-0.4, -0.2) is 46.9 Å². The molecule has 1 aromatic carbocycles. The average molecular weight is 287 g/mol. The third-order valence-electron chi connectivity index (χ3n) is 4.83. The Balaban J connectivity index is 1.62. The van der Waals surface area contributed by atoms with Crippen molar-refractivity contribution in [3.8, 4) is 0 Å². The lowest BCUT2D eigenvalue weighted by Gasteiger charge is -2.26. The number of carbonyl (C=O) groups is 1. The van der Waals surface area contributed by atoms with E-state index in [1.165, 1.54) is 5.56 Å². The molecule has 0 spiro atoms. The Hall–Kier alpha value is -1.39. The molecule has 1 atom stereocenters. The van der Waals surface area contributed by atoms with E-state index in [1.54, 1.807) is 0 Å². The molecule has 4 nitrogen and oxygen atoms in total. The van der Waals surface area contributed by atoms with Crippen LogP contribution < -0.4 is 5.73 Å². The van der Waals surface area contributed by atoms with Gasteiger partial charge in [-0.25, -0.2) is 0 Å². The van der Waals surface area contributed by atoms with Gasteiger partial charge in [0.05, 0.1) is 5.54 Å². The second-order valence-electron chi connectivity index (χ2n) is 6.54. The Morgan fingerprint density at radius 1 is 1.24 bits per heavy atom. The zero-order valence-electron chi connectivity index (χ0n) is 12.8. The lowest BCUT2D eigenvalue weighted by atomic mass is 10.1. The molecule has 2 aliphatic rings. The largest absolute Gasteiger partial charge is 0.340 e. The van der Waals surface area contributed by atoms with Crippen LogP contribution in [0.25, 0.3) is 0 Å². The molecule has 1 aliphatic carbocycles. The number of benzene rings is 1. The molecule has 1 aromatic rings. The maximum atomic E-state index is 12.4. The fourth-order valence-corrected chi connectivity index (χ4v) is 3.03. The van der Waals surface area contributed by atoms with Crippen molar-refractivity contribution in [1.82, 2.24) is 9.80 Å². The topological polar surface area (TPSA) is 49.6 Å². The van der Waals surface area contributed by atoms with E-state index < -0.39 is 5.54 Å². The van der Waals surface area contributed by atoms with E-state index in [9.17, 15) is 4.79 Å². The van der Waals surface area contributed by atoms with Crippen LogP contribution >= 0.6 is 0 Å². The lowest BCUT2D eigenvalue weighted by molar-refractivity contribution is -0.133. The Kier molecular flexibility index (Phi) is 4.00. The molecule has 0 bridgehead atoms. The van der Waals surface area contributed by atoms with Crippen LogP contribution in [0.4, 0.5) is 0 Å². The number of hydrogen-bond acceptors (Lipinski definition) is 3. The normalized spacial score (nSPS) is 25.4. The van der Waals surface area contributed by atoms with E-state index in [-0.39, 0.29) is 5.91 Å². The van der Waals surface area contributed by atoms with Crippen LogP contribution in [0.15, 0.2) is 30.3 Å². The molecule has 2 fully saturated rings. The molecule has 1 heterocycles. The molecular weight excluding hydrogens is 262 g/mol. The lowest BCUT2D eigenvalue weighted by Crippen LogP contribution is -2.47. The van der Waals surface area contributed by atoms with Gasteiger partial charge in [-0.05, 0) is 31.7 Å². The number of rotatable bonds is 3. The summed E-state index contributed by atoms with van der Waals surface area (Å²) in [4.78, 5) is 16.8. The van der Waals surface area contributed by atoms with Gasteiger partial charge < -0.3 is 10.6 Å². The molecule has 114 valence electrons. The highest BCUT2D eigenvalue weighted by atomic mass is 16.2. The molecule has 2 N–H and O–H groups in total. The van der Waals surface area contributed by atoms with Crippen LogP contribution in [-0.2, 0) is 11.3 Å². The molecular formula is C17H25N3O. The SMILES string of the molecule is CC1CCN(C(=O)C2(N)CC2)CCN1Cc1ccccc1. The first-order chi connectivity index (χ1) is 10.1. The minimum atomic E-state index is -0.530. The first kappa shape index (κ1) is 14.5. The van der Waals surface area contributed by atoms with Crippen molar-refractivity contribution in [3.63, 3.8) is 0 Å². The van der Waals surface area contributed by atoms with Gasteiger partial charge in [-0.3, -0.25) is 9.69 Å². The van der Waals surface area contributed by atoms with Gasteiger partial charge >= 0.3 is 0 Å². The molecule has 21 heavy (non-hydrogen) atoms. The number of nitrogens with two attached hydrogens (primary N) is 1. The van der Waals surface area contributed by atoms with E-state index in [1.807, 2.05) is 11.0 Å². The molecule has 0 radical (unpaired) electrons. The van der Waals surface area contributed by atoms with Crippen molar-refractivity contribution in [3.05, 3.63) is 35.9 Å². The summed E-state index contributed by atoms with van der Waals surface area (Å²) in [5, 5.41) is 0. The zero-order valence-corrected chi connectivity index (χ0v) is 12.8. The minimum Gasteiger partial charge on any atom is -0.340 e. The van der Waals surface area contributed by atoms with Crippen molar-refractivity contribution in [1.29, 1.82) is 0 Å². The van der Waals surface area contributed by atoms with Gasteiger partial charge in [0.2, 0.25) is 5.91 Å². The summed E-state index contributed by atoms with van der Waals surface area (Å²) >= 11 is 0. The quantitative estimate of drug-likeness (QED) is 0.918. The van der Waals surface area contributed by atoms with E-state index >= 15 is 0 Å². The Bertz CT molecular complexity index is 498. The molecule has 3 rings (SSSR count). The van der Waals surface area contributed by atoms with Crippen molar-refractivity contribution in [2.45, 2.75) is 44.3 Å². The maximum Gasteiger partial charge on any atom is 0.242 e.